The van der Waals surface area contributed by atoms with E-state index in [-0.39, 0.29) is 24.0 Å². The summed E-state index contributed by atoms with van der Waals surface area (Å²) in [5.41, 5.74) is 0.417. The fraction of sp³-hybridized carbons (Fsp3) is 0.684. The predicted octanol–water partition coefficient (Wildman–Crippen LogP) is 1.14. The van der Waals surface area contributed by atoms with Gasteiger partial charge in [-0.15, -0.1) is 0 Å². The van der Waals surface area contributed by atoms with E-state index in [4.69, 9.17) is 14.2 Å². The minimum absolute atomic E-state index is 0.0751. The summed E-state index contributed by atoms with van der Waals surface area (Å²) in [6, 6.07) is 3.32. The van der Waals surface area contributed by atoms with E-state index in [1.807, 2.05) is 0 Å². The quantitative estimate of drug-likeness (QED) is 0.671. The van der Waals surface area contributed by atoms with Gasteiger partial charge < -0.3 is 19.1 Å². The number of nitrogens with zero attached hydrogens (tertiary/aromatic N) is 3. The van der Waals surface area contributed by atoms with Crippen molar-refractivity contribution < 1.29 is 27.4 Å². The van der Waals surface area contributed by atoms with Gasteiger partial charge in [0.15, 0.2) is 0 Å². The molecule has 9 nitrogen and oxygen atoms in total. The first-order chi connectivity index (χ1) is 13.8. The predicted molar refractivity (Wildman–Crippen MR) is 107 cm³/mol. The molecule has 0 unspecified atom stereocenters. The summed E-state index contributed by atoms with van der Waals surface area (Å²) in [7, 11) is -0.133. The SMILES string of the molecule is COc1ccc(C(=O)N2CCC(OC3CCN(S(C)(=O)=O)CC3)CC2)c(OC)n1. The summed E-state index contributed by atoms with van der Waals surface area (Å²) in [5.74, 6) is 0.537. The molecule has 0 spiro atoms. The average Bonchev–Trinajstić information content (AvgIpc) is 2.73. The standard InChI is InChI=1S/C19H29N3O6S/c1-26-17-5-4-16(18(20-17)27-2)19(23)21-10-6-14(7-11-21)28-15-8-12-22(13-9-15)29(3,24)25/h4-5,14-15H,6-13H2,1-3H3. The lowest BCUT2D eigenvalue weighted by atomic mass is 10.0. The molecular formula is C19H29N3O6S. The third-order valence-electron chi connectivity index (χ3n) is 5.45. The maximum Gasteiger partial charge on any atom is 0.259 e. The molecule has 0 bridgehead atoms. The van der Waals surface area contributed by atoms with E-state index in [9.17, 15) is 13.2 Å². The lowest BCUT2D eigenvalue weighted by molar-refractivity contribution is -0.0557. The topological polar surface area (TPSA) is 98.3 Å². The maximum absolute atomic E-state index is 12.9. The molecule has 2 aliphatic heterocycles. The zero-order valence-electron chi connectivity index (χ0n) is 17.2. The van der Waals surface area contributed by atoms with Gasteiger partial charge in [-0.05, 0) is 31.7 Å². The van der Waals surface area contributed by atoms with Crippen molar-refractivity contribution in [1.82, 2.24) is 14.2 Å². The van der Waals surface area contributed by atoms with Crippen LogP contribution in [0, 0.1) is 0 Å². The van der Waals surface area contributed by atoms with Crippen LogP contribution in [0.25, 0.3) is 0 Å². The Kier molecular flexibility index (Phi) is 6.97. The van der Waals surface area contributed by atoms with Crippen LogP contribution in [-0.2, 0) is 14.8 Å². The van der Waals surface area contributed by atoms with Gasteiger partial charge in [0.25, 0.3) is 5.91 Å². The van der Waals surface area contributed by atoms with E-state index in [1.54, 1.807) is 17.0 Å². The lowest BCUT2D eigenvalue weighted by Crippen LogP contribution is -2.44. The molecule has 29 heavy (non-hydrogen) atoms. The van der Waals surface area contributed by atoms with Crippen LogP contribution in [0.4, 0.5) is 0 Å². The highest BCUT2D eigenvalue weighted by Crippen LogP contribution is 2.25. The minimum Gasteiger partial charge on any atom is -0.481 e. The number of carbonyl (C=O) groups is 1. The highest BCUT2D eigenvalue weighted by Gasteiger charge is 2.30. The summed E-state index contributed by atoms with van der Waals surface area (Å²) in [6.07, 6.45) is 4.33. The number of likely N-dealkylation sites (tertiary alicyclic amines) is 1. The van der Waals surface area contributed by atoms with Crippen molar-refractivity contribution in [2.45, 2.75) is 37.9 Å². The molecule has 3 heterocycles. The van der Waals surface area contributed by atoms with Gasteiger partial charge in [0, 0.05) is 32.2 Å². The first kappa shape index (κ1) is 21.8. The Morgan fingerprint density at radius 2 is 1.59 bits per heavy atom. The van der Waals surface area contributed by atoms with Crippen molar-refractivity contribution in [3.63, 3.8) is 0 Å². The number of aromatic nitrogens is 1. The number of rotatable bonds is 6. The zero-order valence-corrected chi connectivity index (χ0v) is 18.0. The Morgan fingerprint density at radius 3 is 2.10 bits per heavy atom. The van der Waals surface area contributed by atoms with Gasteiger partial charge in [-0.1, -0.05) is 0 Å². The summed E-state index contributed by atoms with van der Waals surface area (Å²) in [4.78, 5) is 18.8. The minimum atomic E-state index is -3.13. The van der Waals surface area contributed by atoms with Crippen LogP contribution in [0.5, 0.6) is 11.8 Å². The molecule has 162 valence electrons. The Hall–Kier alpha value is -1.91. The van der Waals surface area contributed by atoms with Crippen molar-refractivity contribution >= 4 is 15.9 Å². The number of sulfonamides is 1. The van der Waals surface area contributed by atoms with Crippen molar-refractivity contribution in [2.24, 2.45) is 0 Å². The first-order valence-electron chi connectivity index (χ1n) is 9.80. The summed E-state index contributed by atoms with van der Waals surface area (Å²) in [5, 5.41) is 0. The normalized spacial score (nSPS) is 19.9. The number of hydrogen-bond acceptors (Lipinski definition) is 7. The third kappa shape index (κ3) is 5.37. The number of carbonyl (C=O) groups excluding carboxylic acids is 1. The second kappa shape index (κ2) is 9.27. The van der Waals surface area contributed by atoms with E-state index >= 15 is 0 Å². The van der Waals surface area contributed by atoms with Crippen LogP contribution in [0.3, 0.4) is 0 Å². The molecule has 10 heteroatoms. The number of methoxy groups -OCH3 is 2. The number of pyridine rings is 1. The molecule has 1 amide bonds. The molecule has 3 rings (SSSR count). The highest BCUT2D eigenvalue weighted by atomic mass is 32.2. The average molecular weight is 428 g/mol. The molecule has 0 aliphatic carbocycles. The van der Waals surface area contributed by atoms with Crippen LogP contribution in [-0.4, -0.2) is 87.4 Å². The zero-order chi connectivity index (χ0) is 21.0. The molecule has 0 atom stereocenters. The monoisotopic (exact) mass is 427 g/mol. The second-order valence-electron chi connectivity index (χ2n) is 7.40. The van der Waals surface area contributed by atoms with E-state index < -0.39 is 10.0 Å². The van der Waals surface area contributed by atoms with Gasteiger partial charge in [0.05, 0.1) is 32.7 Å². The summed E-state index contributed by atoms with van der Waals surface area (Å²) < 4.78 is 41.2. The van der Waals surface area contributed by atoms with Crippen molar-refractivity contribution in [3.8, 4) is 11.8 Å². The molecule has 0 saturated carbocycles. The fourth-order valence-electron chi connectivity index (χ4n) is 3.79. The van der Waals surface area contributed by atoms with Crippen LogP contribution >= 0.6 is 0 Å². The maximum atomic E-state index is 12.9. The Morgan fingerprint density at radius 1 is 1.00 bits per heavy atom. The van der Waals surface area contributed by atoms with Crippen LogP contribution in [0.15, 0.2) is 12.1 Å². The largest absolute Gasteiger partial charge is 0.481 e. The third-order valence-corrected chi connectivity index (χ3v) is 6.75. The molecule has 0 aromatic carbocycles. The second-order valence-corrected chi connectivity index (χ2v) is 9.38. The number of hydrogen-bond donors (Lipinski definition) is 0. The van der Waals surface area contributed by atoms with Crippen molar-refractivity contribution in [2.75, 3.05) is 46.7 Å². The molecule has 1 aromatic rings. The van der Waals surface area contributed by atoms with Gasteiger partial charge in [-0.25, -0.2) is 12.7 Å². The molecule has 1 aromatic heterocycles. The van der Waals surface area contributed by atoms with Crippen LogP contribution in [0.1, 0.15) is 36.0 Å². The number of ether oxygens (including phenoxy) is 3. The number of piperidine rings is 2. The summed E-state index contributed by atoms with van der Waals surface area (Å²) >= 11 is 0. The Labute approximate surface area is 172 Å². The Bertz CT molecular complexity index is 815. The van der Waals surface area contributed by atoms with Gasteiger partial charge in [-0.3, -0.25) is 4.79 Å². The lowest BCUT2D eigenvalue weighted by Gasteiger charge is -2.36. The summed E-state index contributed by atoms with van der Waals surface area (Å²) in [6.45, 7) is 2.21. The smallest absolute Gasteiger partial charge is 0.259 e. The first-order valence-corrected chi connectivity index (χ1v) is 11.7. The molecule has 0 N–H and O–H groups in total. The molecule has 0 radical (unpaired) electrons. The number of amides is 1. The molecule has 2 fully saturated rings. The van der Waals surface area contributed by atoms with E-state index in [2.05, 4.69) is 4.98 Å². The van der Waals surface area contributed by atoms with Gasteiger partial charge in [0.2, 0.25) is 21.8 Å². The molecular weight excluding hydrogens is 398 g/mol. The van der Waals surface area contributed by atoms with E-state index in [0.717, 1.165) is 12.8 Å². The van der Waals surface area contributed by atoms with Crippen molar-refractivity contribution in [3.05, 3.63) is 17.7 Å². The van der Waals surface area contributed by atoms with Gasteiger partial charge >= 0.3 is 0 Å². The van der Waals surface area contributed by atoms with E-state index in [1.165, 1.54) is 24.8 Å². The fourth-order valence-corrected chi connectivity index (χ4v) is 4.67. The van der Waals surface area contributed by atoms with Gasteiger partial charge in [-0.2, -0.15) is 4.98 Å². The molecule has 2 aliphatic rings. The van der Waals surface area contributed by atoms with E-state index in [0.29, 0.717) is 50.5 Å². The highest BCUT2D eigenvalue weighted by molar-refractivity contribution is 7.88. The van der Waals surface area contributed by atoms with Gasteiger partial charge in [0.1, 0.15) is 5.56 Å². The van der Waals surface area contributed by atoms with Crippen molar-refractivity contribution in [1.29, 1.82) is 0 Å². The van der Waals surface area contributed by atoms with Crippen LogP contribution < -0.4 is 9.47 Å². The molecule has 2 saturated heterocycles. The van der Waals surface area contributed by atoms with Crippen LogP contribution in [0.2, 0.25) is 0 Å². The Balaban J connectivity index is 1.50.